The zero-order chi connectivity index (χ0) is 12.4. The van der Waals surface area contributed by atoms with Crippen LogP contribution in [0.2, 0.25) is 0 Å². The van der Waals surface area contributed by atoms with E-state index in [0.29, 0.717) is 12.2 Å². The van der Waals surface area contributed by atoms with Crippen molar-refractivity contribution in [2.75, 3.05) is 0 Å². The number of hydrogen-bond donors (Lipinski definition) is 1. The molecule has 0 fully saturated rings. The molecule has 0 spiro atoms. The average Bonchev–Trinajstić information content (AvgIpc) is 3.02. The monoisotopic (exact) mass is 259 g/mol. The van der Waals surface area contributed by atoms with Crippen LogP contribution in [-0.4, -0.2) is 5.27 Å². The van der Waals surface area contributed by atoms with Crippen molar-refractivity contribution in [2.45, 2.75) is 6.54 Å². The second kappa shape index (κ2) is 4.62. The van der Waals surface area contributed by atoms with Crippen LogP contribution in [0.15, 0.2) is 57.2 Å². The SMILES string of the molecule is O=c1o[nH][n+](Cc2cccs2)c1-c1ccccc1. The molecular formula is C13H11N2O2S+. The fraction of sp³-hybridized carbons (Fsp3) is 0.0769. The summed E-state index contributed by atoms with van der Waals surface area (Å²) in [5.41, 5.74) is 1.05. The molecule has 0 amide bonds. The van der Waals surface area contributed by atoms with E-state index in [1.807, 2.05) is 47.8 Å². The summed E-state index contributed by atoms with van der Waals surface area (Å²) in [7, 11) is 0. The molecule has 18 heavy (non-hydrogen) atoms. The Kier molecular flexibility index (Phi) is 2.82. The maximum atomic E-state index is 11.8. The summed E-state index contributed by atoms with van der Waals surface area (Å²) < 4.78 is 6.61. The summed E-state index contributed by atoms with van der Waals surface area (Å²) in [4.78, 5) is 12.9. The second-order valence-electron chi connectivity index (χ2n) is 3.86. The van der Waals surface area contributed by atoms with Gasteiger partial charge in [0.1, 0.15) is 0 Å². The van der Waals surface area contributed by atoms with Gasteiger partial charge < -0.3 is 0 Å². The summed E-state index contributed by atoms with van der Waals surface area (Å²) in [6, 6.07) is 13.5. The molecule has 0 aliphatic rings. The number of aromatic amines is 1. The van der Waals surface area contributed by atoms with Crippen molar-refractivity contribution < 1.29 is 9.20 Å². The van der Waals surface area contributed by atoms with E-state index < -0.39 is 0 Å². The van der Waals surface area contributed by atoms with Gasteiger partial charge in [0.25, 0.3) is 0 Å². The molecule has 2 heterocycles. The molecule has 0 unspecified atom stereocenters. The molecule has 4 nitrogen and oxygen atoms in total. The fourth-order valence-corrected chi connectivity index (χ4v) is 2.53. The van der Waals surface area contributed by atoms with E-state index in [2.05, 4.69) is 5.27 Å². The standard InChI is InChI=1S/C13H10N2O2S/c16-13-12(10-5-2-1-3-6-10)15(14-17-13)9-11-7-4-8-18-11/h1-8H,9H2/p+1. The maximum absolute atomic E-state index is 11.8. The molecule has 3 rings (SSSR count). The predicted molar refractivity (Wildman–Crippen MR) is 68.4 cm³/mol. The molecule has 5 heteroatoms. The van der Waals surface area contributed by atoms with Gasteiger partial charge >= 0.3 is 11.3 Å². The minimum Gasteiger partial charge on any atom is -0.283 e. The Morgan fingerprint density at radius 3 is 2.72 bits per heavy atom. The second-order valence-corrected chi connectivity index (χ2v) is 4.89. The molecule has 0 bridgehead atoms. The van der Waals surface area contributed by atoms with Crippen LogP contribution in [0.25, 0.3) is 11.3 Å². The molecule has 0 radical (unpaired) electrons. The Bertz CT molecular complexity index is 683. The van der Waals surface area contributed by atoms with Gasteiger partial charge in [-0.15, -0.1) is 11.3 Å². The van der Waals surface area contributed by atoms with Crippen molar-refractivity contribution in [1.82, 2.24) is 5.27 Å². The molecular weight excluding hydrogens is 248 g/mol. The minimum atomic E-state index is -0.349. The third-order valence-corrected chi connectivity index (χ3v) is 3.51. The first-order valence-corrected chi connectivity index (χ1v) is 6.41. The van der Waals surface area contributed by atoms with Crippen LogP contribution in [0.4, 0.5) is 0 Å². The third kappa shape index (κ3) is 2.00. The molecule has 0 saturated carbocycles. The van der Waals surface area contributed by atoms with Crippen molar-refractivity contribution in [1.29, 1.82) is 0 Å². The first-order chi connectivity index (χ1) is 8.84. The molecule has 3 aromatic rings. The van der Waals surface area contributed by atoms with Gasteiger partial charge in [0.15, 0.2) is 0 Å². The number of rotatable bonds is 3. The third-order valence-electron chi connectivity index (χ3n) is 2.65. The highest BCUT2D eigenvalue weighted by molar-refractivity contribution is 7.09. The van der Waals surface area contributed by atoms with Gasteiger partial charge in [0.05, 0.1) is 10.4 Å². The highest BCUT2D eigenvalue weighted by Gasteiger charge is 2.22. The zero-order valence-electron chi connectivity index (χ0n) is 9.50. The lowest BCUT2D eigenvalue weighted by Gasteiger charge is -1.93. The Morgan fingerprint density at radius 2 is 2.00 bits per heavy atom. The summed E-state index contributed by atoms with van der Waals surface area (Å²) in [5.74, 6) is 0. The number of H-pyrrole nitrogens is 1. The molecule has 1 N–H and O–H groups in total. The van der Waals surface area contributed by atoms with Crippen molar-refractivity contribution in [3.63, 3.8) is 0 Å². The zero-order valence-corrected chi connectivity index (χ0v) is 10.3. The average molecular weight is 259 g/mol. The minimum absolute atomic E-state index is 0.349. The van der Waals surface area contributed by atoms with Crippen LogP contribution in [0.5, 0.6) is 0 Å². The van der Waals surface area contributed by atoms with E-state index in [1.165, 1.54) is 0 Å². The van der Waals surface area contributed by atoms with Gasteiger partial charge in [0, 0.05) is 0 Å². The Balaban J connectivity index is 2.05. The topological polar surface area (TPSA) is 49.9 Å². The molecule has 0 atom stereocenters. The highest BCUT2D eigenvalue weighted by atomic mass is 32.1. The van der Waals surface area contributed by atoms with Gasteiger partial charge in [-0.05, 0) is 28.9 Å². The Hall–Kier alpha value is -2.14. The smallest absolute Gasteiger partial charge is 0.283 e. The summed E-state index contributed by atoms with van der Waals surface area (Å²) >= 11 is 1.65. The molecule has 2 aromatic heterocycles. The molecule has 90 valence electrons. The molecule has 0 aliphatic heterocycles. The summed E-state index contributed by atoms with van der Waals surface area (Å²) in [5, 5.41) is 4.66. The van der Waals surface area contributed by atoms with Gasteiger partial charge in [0.2, 0.25) is 6.54 Å². The van der Waals surface area contributed by atoms with Crippen LogP contribution in [0.1, 0.15) is 4.88 Å². The van der Waals surface area contributed by atoms with Crippen LogP contribution < -0.4 is 10.3 Å². The Morgan fingerprint density at radius 1 is 1.17 bits per heavy atom. The van der Waals surface area contributed by atoms with Crippen LogP contribution >= 0.6 is 11.3 Å². The molecule has 1 aromatic carbocycles. The van der Waals surface area contributed by atoms with Gasteiger partial charge in [-0.3, -0.25) is 4.52 Å². The van der Waals surface area contributed by atoms with E-state index in [4.69, 9.17) is 4.52 Å². The lowest BCUT2D eigenvalue weighted by Crippen LogP contribution is -2.39. The lowest BCUT2D eigenvalue weighted by atomic mass is 10.2. The normalized spacial score (nSPS) is 10.7. The van der Waals surface area contributed by atoms with Crippen molar-refractivity contribution in [3.8, 4) is 11.3 Å². The number of nitrogens with one attached hydrogen (secondary N) is 1. The van der Waals surface area contributed by atoms with Crippen molar-refractivity contribution >= 4 is 11.3 Å². The summed E-state index contributed by atoms with van der Waals surface area (Å²) in [6.45, 7) is 0.605. The maximum Gasteiger partial charge on any atom is 0.435 e. The van der Waals surface area contributed by atoms with E-state index in [0.717, 1.165) is 10.4 Å². The van der Waals surface area contributed by atoms with Gasteiger partial charge in [-0.25, -0.2) is 4.79 Å². The van der Waals surface area contributed by atoms with E-state index in [9.17, 15) is 4.79 Å². The summed E-state index contributed by atoms with van der Waals surface area (Å²) in [6.07, 6.45) is 0. The highest BCUT2D eigenvalue weighted by Crippen LogP contribution is 2.12. The van der Waals surface area contributed by atoms with Crippen LogP contribution in [0, 0.1) is 0 Å². The van der Waals surface area contributed by atoms with Gasteiger partial charge in [-0.1, -0.05) is 28.9 Å². The van der Waals surface area contributed by atoms with Gasteiger partial charge in [-0.2, -0.15) is 0 Å². The molecule has 0 saturated heterocycles. The first kappa shape index (κ1) is 11.0. The largest absolute Gasteiger partial charge is 0.435 e. The molecule has 0 aliphatic carbocycles. The number of thiophene rings is 1. The fourth-order valence-electron chi connectivity index (χ4n) is 1.84. The van der Waals surface area contributed by atoms with E-state index in [-0.39, 0.29) is 5.63 Å². The van der Waals surface area contributed by atoms with Crippen LogP contribution in [0.3, 0.4) is 0 Å². The van der Waals surface area contributed by atoms with Crippen LogP contribution in [-0.2, 0) is 6.54 Å². The number of hydrogen-bond acceptors (Lipinski definition) is 3. The van der Waals surface area contributed by atoms with Crippen molar-refractivity contribution in [2.24, 2.45) is 0 Å². The number of benzene rings is 1. The van der Waals surface area contributed by atoms with E-state index >= 15 is 0 Å². The van der Waals surface area contributed by atoms with E-state index in [1.54, 1.807) is 16.0 Å². The number of nitrogens with zero attached hydrogens (tertiary/aromatic N) is 1. The Labute approximate surface area is 107 Å². The number of aromatic nitrogens is 2. The quantitative estimate of drug-likeness (QED) is 0.732. The lowest BCUT2D eigenvalue weighted by molar-refractivity contribution is -0.744. The van der Waals surface area contributed by atoms with Crippen molar-refractivity contribution in [3.05, 3.63) is 63.1 Å². The first-order valence-electron chi connectivity index (χ1n) is 5.54. The predicted octanol–water partition coefficient (Wildman–Crippen LogP) is 2.03.